The lowest BCUT2D eigenvalue weighted by Crippen LogP contribution is -2.11. The zero-order chi connectivity index (χ0) is 10.8. The highest BCUT2D eigenvalue weighted by atomic mass is 32.1. The van der Waals surface area contributed by atoms with Crippen LogP contribution in [-0.4, -0.2) is 9.59 Å². The van der Waals surface area contributed by atoms with Crippen molar-refractivity contribution in [1.82, 2.24) is 9.59 Å². The van der Waals surface area contributed by atoms with Crippen molar-refractivity contribution in [1.29, 1.82) is 0 Å². The number of rotatable bonds is 2. The van der Waals surface area contributed by atoms with E-state index in [1.807, 2.05) is 19.1 Å². The smallest absolute Gasteiger partial charge is 0.0776 e. The van der Waals surface area contributed by atoms with Crippen LogP contribution in [0.3, 0.4) is 0 Å². The van der Waals surface area contributed by atoms with Crippen molar-refractivity contribution in [3.63, 3.8) is 0 Å². The lowest BCUT2D eigenvalue weighted by Gasteiger charge is -2.10. The summed E-state index contributed by atoms with van der Waals surface area (Å²) in [6.07, 6.45) is 0. The van der Waals surface area contributed by atoms with Gasteiger partial charge in [-0.15, -0.1) is 5.10 Å². The third-order valence-corrected chi connectivity index (χ3v) is 3.28. The average molecular weight is 219 g/mol. The van der Waals surface area contributed by atoms with E-state index in [9.17, 15) is 0 Å². The second-order valence-corrected chi connectivity index (χ2v) is 4.40. The lowest BCUT2D eigenvalue weighted by molar-refractivity contribution is 0.872. The van der Waals surface area contributed by atoms with Gasteiger partial charge in [0.1, 0.15) is 0 Å². The van der Waals surface area contributed by atoms with E-state index in [2.05, 4.69) is 28.6 Å². The molecule has 1 aromatic carbocycles. The molecule has 4 heteroatoms. The molecule has 1 unspecified atom stereocenters. The van der Waals surface area contributed by atoms with Gasteiger partial charge in [-0.25, -0.2) is 0 Å². The predicted octanol–water partition coefficient (Wildman–Crippen LogP) is 2.20. The fraction of sp³-hybridized carbons (Fsp3) is 0.273. The molecule has 0 aliphatic rings. The number of hydrogen-bond acceptors (Lipinski definition) is 4. The van der Waals surface area contributed by atoms with E-state index in [4.69, 9.17) is 5.73 Å². The van der Waals surface area contributed by atoms with Gasteiger partial charge in [0.15, 0.2) is 0 Å². The van der Waals surface area contributed by atoms with Crippen molar-refractivity contribution in [3.05, 3.63) is 46.0 Å². The van der Waals surface area contributed by atoms with Gasteiger partial charge in [0.05, 0.1) is 16.6 Å². The Balaban J connectivity index is 2.36. The Hall–Kier alpha value is -1.26. The minimum absolute atomic E-state index is 0.107. The topological polar surface area (TPSA) is 51.8 Å². The Kier molecular flexibility index (Phi) is 2.79. The third-order valence-electron chi connectivity index (χ3n) is 2.37. The van der Waals surface area contributed by atoms with Crippen molar-refractivity contribution >= 4 is 11.5 Å². The Labute approximate surface area is 93.1 Å². The monoisotopic (exact) mass is 219 g/mol. The molecule has 0 fully saturated rings. The molecule has 0 radical (unpaired) electrons. The van der Waals surface area contributed by atoms with Gasteiger partial charge in [-0.1, -0.05) is 34.3 Å². The summed E-state index contributed by atoms with van der Waals surface area (Å²) in [4.78, 5) is 1.04. The molecule has 0 spiro atoms. The first-order chi connectivity index (χ1) is 7.18. The number of benzene rings is 1. The van der Waals surface area contributed by atoms with Crippen molar-refractivity contribution in [2.45, 2.75) is 19.9 Å². The van der Waals surface area contributed by atoms with Crippen molar-refractivity contribution in [2.75, 3.05) is 0 Å². The molecule has 0 aliphatic carbocycles. The molecule has 78 valence electrons. The Bertz CT molecular complexity index is 464. The molecule has 3 nitrogen and oxygen atoms in total. The number of nitrogens with zero attached hydrogens (tertiary/aromatic N) is 2. The highest BCUT2D eigenvalue weighted by Crippen LogP contribution is 2.24. The van der Waals surface area contributed by atoms with E-state index in [1.54, 1.807) is 0 Å². The summed E-state index contributed by atoms with van der Waals surface area (Å²) in [7, 11) is 0. The summed E-state index contributed by atoms with van der Waals surface area (Å²) in [5.41, 5.74) is 9.42. The number of aromatic nitrogens is 2. The van der Waals surface area contributed by atoms with Gasteiger partial charge in [-0.2, -0.15) is 0 Å². The largest absolute Gasteiger partial charge is 0.320 e. The normalized spacial score (nSPS) is 12.7. The van der Waals surface area contributed by atoms with Crippen LogP contribution in [0, 0.1) is 13.8 Å². The lowest BCUT2D eigenvalue weighted by atomic mass is 10.0. The maximum absolute atomic E-state index is 6.16. The molecular formula is C11H13N3S. The van der Waals surface area contributed by atoms with Crippen LogP contribution < -0.4 is 5.73 Å². The standard InChI is InChI=1S/C11H13N3S/c1-7-4-3-5-9(6-7)10(12)11-8(2)13-14-15-11/h3-6,10H,12H2,1-2H3. The molecule has 2 N–H and O–H groups in total. The maximum Gasteiger partial charge on any atom is 0.0776 e. The van der Waals surface area contributed by atoms with Crippen LogP contribution in [0.1, 0.15) is 27.7 Å². The van der Waals surface area contributed by atoms with Crippen LogP contribution in [0.25, 0.3) is 0 Å². The molecule has 2 rings (SSSR count). The van der Waals surface area contributed by atoms with Gasteiger partial charge >= 0.3 is 0 Å². The van der Waals surface area contributed by atoms with Crippen LogP contribution in [0.15, 0.2) is 24.3 Å². The van der Waals surface area contributed by atoms with Crippen LogP contribution in [-0.2, 0) is 0 Å². The fourth-order valence-electron chi connectivity index (χ4n) is 1.54. The number of hydrogen-bond donors (Lipinski definition) is 1. The third kappa shape index (κ3) is 2.06. The predicted molar refractivity (Wildman–Crippen MR) is 61.9 cm³/mol. The van der Waals surface area contributed by atoms with Crippen molar-refractivity contribution < 1.29 is 0 Å². The molecule has 1 atom stereocenters. The summed E-state index contributed by atoms with van der Waals surface area (Å²) in [5.74, 6) is 0. The number of aryl methyl sites for hydroxylation is 2. The van der Waals surface area contributed by atoms with Gasteiger partial charge in [0, 0.05) is 0 Å². The Morgan fingerprint density at radius 2 is 2.13 bits per heavy atom. The van der Waals surface area contributed by atoms with Gasteiger partial charge in [0.2, 0.25) is 0 Å². The summed E-state index contributed by atoms with van der Waals surface area (Å²) in [5, 5.41) is 3.97. The van der Waals surface area contributed by atoms with Gasteiger partial charge in [0.25, 0.3) is 0 Å². The van der Waals surface area contributed by atoms with Crippen LogP contribution >= 0.6 is 11.5 Å². The molecule has 0 bridgehead atoms. The van der Waals surface area contributed by atoms with Gasteiger partial charge in [-0.05, 0) is 30.9 Å². The Morgan fingerprint density at radius 3 is 2.73 bits per heavy atom. The van der Waals surface area contributed by atoms with Crippen LogP contribution in [0.5, 0.6) is 0 Å². The van der Waals surface area contributed by atoms with Gasteiger partial charge < -0.3 is 5.73 Å². The molecular weight excluding hydrogens is 206 g/mol. The Morgan fingerprint density at radius 1 is 1.33 bits per heavy atom. The second kappa shape index (κ2) is 4.08. The van der Waals surface area contributed by atoms with E-state index in [0.717, 1.165) is 16.1 Å². The van der Waals surface area contributed by atoms with Crippen LogP contribution in [0.4, 0.5) is 0 Å². The highest BCUT2D eigenvalue weighted by molar-refractivity contribution is 7.05. The SMILES string of the molecule is Cc1cccc(C(N)c2snnc2C)c1. The van der Waals surface area contributed by atoms with Crippen LogP contribution in [0.2, 0.25) is 0 Å². The average Bonchev–Trinajstić information content (AvgIpc) is 2.63. The quantitative estimate of drug-likeness (QED) is 0.842. The van der Waals surface area contributed by atoms with E-state index < -0.39 is 0 Å². The second-order valence-electron chi connectivity index (χ2n) is 3.61. The van der Waals surface area contributed by atoms with E-state index in [-0.39, 0.29) is 6.04 Å². The maximum atomic E-state index is 6.16. The molecule has 0 saturated heterocycles. The molecule has 0 amide bonds. The first-order valence-electron chi connectivity index (χ1n) is 4.79. The molecule has 0 aliphatic heterocycles. The molecule has 2 aromatic rings. The van der Waals surface area contributed by atoms with E-state index in [0.29, 0.717) is 0 Å². The summed E-state index contributed by atoms with van der Waals surface area (Å²) in [6, 6.07) is 8.12. The molecule has 1 aromatic heterocycles. The zero-order valence-electron chi connectivity index (χ0n) is 8.77. The first-order valence-corrected chi connectivity index (χ1v) is 5.57. The molecule has 0 saturated carbocycles. The van der Waals surface area contributed by atoms with Crippen molar-refractivity contribution in [3.8, 4) is 0 Å². The summed E-state index contributed by atoms with van der Waals surface area (Å²) >= 11 is 1.37. The molecule has 15 heavy (non-hydrogen) atoms. The fourth-order valence-corrected chi connectivity index (χ4v) is 2.21. The van der Waals surface area contributed by atoms with E-state index >= 15 is 0 Å². The van der Waals surface area contributed by atoms with E-state index in [1.165, 1.54) is 17.1 Å². The highest BCUT2D eigenvalue weighted by Gasteiger charge is 2.14. The van der Waals surface area contributed by atoms with Gasteiger partial charge in [-0.3, -0.25) is 0 Å². The summed E-state index contributed by atoms with van der Waals surface area (Å²) in [6.45, 7) is 4.00. The zero-order valence-corrected chi connectivity index (χ0v) is 9.58. The number of nitrogens with two attached hydrogens (primary N) is 1. The first kappa shape index (κ1) is 10.3. The minimum atomic E-state index is -0.107. The minimum Gasteiger partial charge on any atom is -0.320 e. The molecule has 1 heterocycles. The summed E-state index contributed by atoms with van der Waals surface area (Å²) < 4.78 is 3.90. The van der Waals surface area contributed by atoms with Crippen molar-refractivity contribution in [2.24, 2.45) is 5.73 Å².